The zero-order chi connectivity index (χ0) is 19.5. The third kappa shape index (κ3) is 4.14. The minimum absolute atomic E-state index is 0.0647. The fourth-order valence-electron chi connectivity index (χ4n) is 4.56. The van der Waals surface area contributed by atoms with Gasteiger partial charge in [0, 0.05) is 58.0 Å². The highest BCUT2D eigenvalue weighted by Crippen LogP contribution is 2.27. The highest BCUT2D eigenvalue weighted by molar-refractivity contribution is 5.87. The zero-order valence-corrected chi connectivity index (χ0v) is 16.6. The highest BCUT2D eigenvalue weighted by atomic mass is 16.5. The minimum atomic E-state index is -0.417. The molecule has 3 heterocycles. The van der Waals surface area contributed by atoms with Gasteiger partial charge in [0.2, 0.25) is 11.8 Å². The van der Waals surface area contributed by atoms with Crippen LogP contribution in [0.2, 0.25) is 0 Å². The van der Waals surface area contributed by atoms with Gasteiger partial charge in [0.1, 0.15) is 17.9 Å². The Morgan fingerprint density at radius 1 is 1.07 bits per heavy atom. The van der Waals surface area contributed by atoms with Crippen molar-refractivity contribution in [3.8, 4) is 5.75 Å². The van der Waals surface area contributed by atoms with Crippen molar-refractivity contribution >= 4 is 11.8 Å². The molecule has 3 fully saturated rings. The molecule has 0 spiro atoms. The van der Waals surface area contributed by atoms with Crippen molar-refractivity contribution in [2.75, 3.05) is 32.7 Å². The topological polar surface area (TPSA) is 66.0 Å². The molecule has 7 heteroatoms. The first-order valence-corrected chi connectivity index (χ1v) is 10.5. The van der Waals surface area contributed by atoms with Gasteiger partial charge in [-0.25, -0.2) is 0 Å². The SMILES string of the molecule is CC(=O)N1C[C@@H](Oc2ccncc2)C[C@@H]1C(=O)N1CCCN(C2CCC2)CC1. The second-order valence-corrected chi connectivity index (χ2v) is 8.15. The van der Waals surface area contributed by atoms with E-state index in [2.05, 4.69) is 9.88 Å². The van der Waals surface area contributed by atoms with Gasteiger partial charge in [-0.1, -0.05) is 6.42 Å². The van der Waals surface area contributed by atoms with E-state index in [0.717, 1.165) is 38.3 Å². The smallest absolute Gasteiger partial charge is 0.245 e. The Labute approximate surface area is 166 Å². The molecule has 2 atom stereocenters. The summed E-state index contributed by atoms with van der Waals surface area (Å²) in [5.74, 6) is 0.735. The fraction of sp³-hybridized carbons (Fsp3) is 0.667. The number of rotatable bonds is 4. The molecule has 1 aromatic rings. The Kier molecular flexibility index (Phi) is 5.80. The summed E-state index contributed by atoms with van der Waals surface area (Å²) in [4.78, 5) is 35.6. The zero-order valence-electron chi connectivity index (χ0n) is 16.6. The summed E-state index contributed by atoms with van der Waals surface area (Å²) >= 11 is 0. The summed E-state index contributed by atoms with van der Waals surface area (Å²) < 4.78 is 6.01. The van der Waals surface area contributed by atoms with Crippen LogP contribution in [0.25, 0.3) is 0 Å². The van der Waals surface area contributed by atoms with Gasteiger partial charge in [0.25, 0.3) is 0 Å². The Balaban J connectivity index is 1.39. The Morgan fingerprint density at radius 3 is 2.54 bits per heavy atom. The van der Waals surface area contributed by atoms with Gasteiger partial charge in [0.15, 0.2) is 0 Å². The number of aromatic nitrogens is 1. The number of nitrogens with zero attached hydrogens (tertiary/aromatic N) is 4. The first-order valence-electron chi connectivity index (χ1n) is 10.5. The molecule has 7 nitrogen and oxygen atoms in total. The molecular formula is C21H30N4O3. The molecule has 28 heavy (non-hydrogen) atoms. The number of hydrogen-bond acceptors (Lipinski definition) is 5. The standard InChI is InChI=1S/C21H30N4O3/c1-16(26)25-15-19(28-18-6-8-22-9-7-18)14-20(25)21(27)24-11-3-10-23(12-13-24)17-4-2-5-17/h6-9,17,19-20H,2-5,10-15H2,1H3/t19-,20+/m0/s1. The average molecular weight is 386 g/mol. The molecule has 2 amide bonds. The van der Waals surface area contributed by atoms with Crippen LogP contribution in [-0.2, 0) is 9.59 Å². The fourth-order valence-corrected chi connectivity index (χ4v) is 4.56. The van der Waals surface area contributed by atoms with Gasteiger partial charge in [-0.15, -0.1) is 0 Å². The van der Waals surface area contributed by atoms with E-state index in [0.29, 0.717) is 19.0 Å². The van der Waals surface area contributed by atoms with Crippen molar-refractivity contribution < 1.29 is 14.3 Å². The number of amides is 2. The first kappa shape index (κ1) is 19.2. The summed E-state index contributed by atoms with van der Waals surface area (Å²) in [6, 6.07) is 3.90. The maximum absolute atomic E-state index is 13.3. The summed E-state index contributed by atoms with van der Waals surface area (Å²) in [6.07, 6.45) is 8.67. The van der Waals surface area contributed by atoms with Crippen LogP contribution < -0.4 is 4.74 Å². The molecular weight excluding hydrogens is 356 g/mol. The van der Waals surface area contributed by atoms with Crippen molar-refractivity contribution in [2.24, 2.45) is 0 Å². The maximum Gasteiger partial charge on any atom is 0.245 e. The number of ether oxygens (including phenoxy) is 1. The van der Waals surface area contributed by atoms with Crippen LogP contribution in [0.4, 0.5) is 0 Å². The van der Waals surface area contributed by atoms with Crippen molar-refractivity contribution in [3.05, 3.63) is 24.5 Å². The average Bonchev–Trinajstić information content (AvgIpc) is 2.92. The van der Waals surface area contributed by atoms with Crippen molar-refractivity contribution in [1.29, 1.82) is 0 Å². The summed E-state index contributed by atoms with van der Waals surface area (Å²) in [6.45, 7) is 5.54. The van der Waals surface area contributed by atoms with Crippen LogP contribution >= 0.6 is 0 Å². The van der Waals surface area contributed by atoms with E-state index in [1.807, 2.05) is 4.90 Å². The van der Waals surface area contributed by atoms with E-state index in [1.165, 1.54) is 26.2 Å². The van der Waals surface area contributed by atoms with Crippen LogP contribution in [0.1, 0.15) is 39.0 Å². The van der Waals surface area contributed by atoms with E-state index in [-0.39, 0.29) is 17.9 Å². The largest absolute Gasteiger partial charge is 0.488 e. The molecule has 0 bridgehead atoms. The van der Waals surface area contributed by atoms with Crippen molar-refractivity contribution in [1.82, 2.24) is 19.7 Å². The van der Waals surface area contributed by atoms with Crippen LogP contribution in [0, 0.1) is 0 Å². The third-order valence-electron chi connectivity index (χ3n) is 6.34. The number of pyridine rings is 1. The van der Waals surface area contributed by atoms with E-state index in [4.69, 9.17) is 4.74 Å². The Hall–Kier alpha value is -2.15. The first-order chi connectivity index (χ1) is 13.6. The predicted molar refractivity (Wildman–Crippen MR) is 105 cm³/mol. The molecule has 0 radical (unpaired) electrons. The van der Waals surface area contributed by atoms with Crippen molar-refractivity contribution in [2.45, 2.75) is 57.2 Å². The van der Waals surface area contributed by atoms with Gasteiger partial charge in [0.05, 0.1) is 6.54 Å². The molecule has 3 aliphatic rings. The molecule has 1 saturated carbocycles. The molecule has 0 N–H and O–H groups in total. The Morgan fingerprint density at radius 2 is 1.86 bits per heavy atom. The number of hydrogen-bond donors (Lipinski definition) is 0. The summed E-state index contributed by atoms with van der Waals surface area (Å²) in [5, 5.41) is 0. The second kappa shape index (κ2) is 8.47. The van der Waals surface area contributed by atoms with Gasteiger partial charge >= 0.3 is 0 Å². The molecule has 4 rings (SSSR count). The van der Waals surface area contributed by atoms with Gasteiger partial charge in [-0.3, -0.25) is 19.5 Å². The number of likely N-dealkylation sites (tertiary alicyclic amines) is 1. The van der Waals surface area contributed by atoms with E-state index in [9.17, 15) is 9.59 Å². The van der Waals surface area contributed by atoms with E-state index < -0.39 is 6.04 Å². The lowest BCUT2D eigenvalue weighted by atomic mass is 9.91. The molecule has 0 unspecified atom stereocenters. The molecule has 2 aliphatic heterocycles. The summed E-state index contributed by atoms with van der Waals surface area (Å²) in [5.41, 5.74) is 0. The molecule has 1 aromatic heterocycles. The molecule has 2 saturated heterocycles. The van der Waals surface area contributed by atoms with Gasteiger partial charge < -0.3 is 14.5 Å². The predicted octanol–water partition coefficient (Wildman–Crippen LogP) is 1.54. The lowest BCUT2D eigenvalue weighted by molar-refractivity contribution is -0.142. The van der Waals surface area contributed by atoms with Gasteiger partial charge in [-0.2, -0.15) is 0 Å². The monoisotopic (exact) mass is 386 g/mol. The highest BCUT2D eigenvalue weighted by Gasteiger charge is 2.41. The van der Waals surface area contributed by atoms with Crippen LogP contribution in [0.5, 0.6) is 5.75 Å². The number of carbonyl (C=O) groups excluding carboxylic acids is 2. The van der Waals surface area contributed by atoms with Crippen LogP contribution in [0.3, 0.4) is 0 Å². The third-order valence-corrected chi connectivity index (χ3v) is 6.34. The van der Waals surface area contributed by atoms with E-state index in [1.54, 1.807) is 29.4 Å². The maximum atomic E-state index is 13.3. The quantitative estimate of drug-likeness (QED) is 0.785. The lowest BCUT2D eigenvalue weighted by Gasteiger charge is -2.36. The second-order valence-electron chi connectivity index (χ2n) is 8.15. The van der Waals surface area contributed by atoms with Crippen LogP contribution in [-0.4, -0.2) is 82.4 Å². The molecule has 1 aliphatic carbocycles. The molecule has 152 valence electrons. The lowest BCUT2D eigenvalue weighted by Crippen LogP contribution is -2.48. The minimum Gasteiger partial charge on any atom is -0.488 e. The summed E-state index contributed by atoms with van der Waals surface area (Å²) in [7, 11) is 0. The van der Waals surface area contributed by atoms with Crippen LogP contribution in [0.15, 0.2) is 24.5 Å². The van der Waals surface area contributed by atoms with E-state index >= 15 is 0 Å². The van der Waals surface area contributed by atoms with Gasteiger partial charge in [-0.05, 0) is 31.4 Å². The Bertz CT molecular complexity index is 694. The number of carbonyl (C=O) groups is 2. The van der Waals surface area contributed by atoms with Crippen molar-refractivity contribution in [3.63, 3.8) is 0 Å². The normalized spacial score (nSPS) is 26.6. The molecule has 0 aromatic carbocycles.